The van der Waals surface area contributed by atoms with E-state index in [1.54, 1.807) is 0 Å². The van der Waals surface area contributed by atoms with E-state index in [4.69, 9.17) is 4.74 Å². The van der Waals surface area contributed by atoms with Crippen LogP contribution in [0.5, 0.6) is 5.75 Å². The maximum Gasteiger partial charge on any atom is 0.264 e. The Morgan fingerprint density at radius 1 is 0.907 bits per heavy atom. The molecule has 226 valence electrons. The van der Waals surface area contributed by atoms with Gasteiger partial charge < -0.3 is 19.4 Å². The lowest BCUT2D eigenvalue weighted by Gasteiger charge is -2.57. The molecule has 5 fully saturated rings. The van der Waals surface area contributed by atoms with Crippen molar-refractivity contribution < 1.29 is 14.3 Å². The number of rotatable bonds is 8. The number of carbonyl (C=O) groups is 2. The van der Waals surface area contributed by atoms with Gasteiger partial charge in [-0.15, -0.1) is 11.3 Å². The quantitative estimate of drug-likeness (QED) is 0.279. The minimum Gasteiger partial charge on any atom is -0.494 e. The number of amides is 2. The lowest BCUT2D eigenvalue weighted by molar-refractivity contribution is -0.0629. The molecule has 43 heavy (non-hydrogen) atoms. The topological polar surface area (TPSA) is 53.1 Å². The Labute approximate surface area is 259 Å². The minimum atomic E-state index is 0.0971. The molecule has 4 aliphatic carbocycles. The number of carbonyl (C=O) groups excluding carboxylic acids is 2. The second-order valence-electron chi connectivity index (χ2n) is 13.6. The van der Waals surface area contributed by atoms with Crippen molar-refractivity contribution in [2.24, 2.45) is 23.2 Å². The molecule has 0 radical (unpaired) electrons. The first-order valence-electron chi connectivity index (χ1n) is 16.1. The van der Waals surface area contributed by atoms with Crippen molar-refractivity contribution in [3.63, 3.8) is 0 Å². The molecule has 5 aliphatic rings. The Bertz CT molecular complexity index is 1440. The van der Waals surface area contributed by atoms with Gasteiger partial charge >= 0.3 is 0 Å². The van der Waals surface area contributed by atoms with Crippen molar-refractivity contribution in [3.8, 4) is 16.9 Å². The van der Waals surface area contributed by atoms with E-state index in [0.717, 1.165) is 70.4 Å². The summed E-state index contributed by atoms with van der Waals surface area (Å²) in [4.78, 5) is 33.8. The van der Waals surface area contributed by atoms with Crippen LogP contribution in [0.15, 0.2) is 60.0 Å². The molecule has 6 nitrogen and oxygen atoms in total. The van der Waals surface area contributed by atoms with E-state index >= 15 is 0 Å². The van der Waals surface area contributed by atoms with Gasteiger partial charge in [-0.1, -0.05) is 12.1 Å². The standard InChI is InChI=1S/C36H43N3O3S/c1-3-42-32-6-4-5-29(18-32)30-19-33(43-23-30)35(41)39-13-11-38(12-14-39)31-9-7-28(8-10-31)34(40)37(2)24-36-20-25-15-26(21-36)17-27(16-25)22-36/h4-10,18-19,23,25-27H,3,11-17,20-22,24H2,1-2H3. The van der Waals surface area contributed by atoms with Gasteiger partial charge in [0.25, 0.3) is 11.8 Å². The zero-order valence-electron chi connectivity index (χ0n) is 25.5. The van der Waals surface area contributed by atoms with Gasteiger partial charge in [0.15, 0.2) is 0 Å². The van der Waals surface area contributed by atoms with Crippen molar-refractivity contribution in [2.45, 2.75) is 45.4 Å². The van der Waals surface area contributed by atoms with Crippen molar-refractivity contribution in [3.05, 3.63) is 70.4 Å². The molecule has 4 bridgehead atoms. The Morgan fingerprint density at radius 3 is 2.23 bits per heavy atom. The number of piperazine rings is 1. The summed E-state index contributed by atoms with van der Waals surface area (Å²) < 4.78 is 5.64. The van der Waals surface area contributed by atoms with E-state index in [-0.39, 0.29) is 11.8 Å². The average molecular weight is 598 g/mol. The van der Waals surface area contributed by atoms with Crippen LogP contribution in [0.4, 0.5) is 5.69 Å². The molecule has 0 unspecified atom stereocenters. The SMILES string of the molecule is CCOc1cccc(-c2csc(C(=O)N3CCN(c4ccc(C(=O)N(C)CC56CC7CC(CC(C7)C5)C6)cc4)CC3)c2)c1. The number of benzene rings is 2. The van der Waals surface area contributed by atoms with Crippen LogP contribution in [0.2, 0.25) is 0 Å². The number of thiophene rings is 1. The molecule has 8 rings (SSSR count). The summed E-state index contributed by atoms with van der Waals surface area (Å²) in [5.74, 6) is 3.78. The fourth-order valence-corrected chi connectivity index (χ4v) is 9.83. The maximum atomic E-state index is 13.4. The van der Waals surface area contributed by atoms with Crippen LogP contribution in [0.1, 0.15) is 65.5 Å². The first-order chi connectivity index (χ1) is 20.9. The van der Waals surface area contributed by atoms with E-state index in [1.807, 2.05) is 60.2 Å². The molecule has 1 aliphatic heterocycles. The molecule has 2 amide bonds. The number of hydrogen-bond donors (Lipinski definition) is 0. The molecule has 2 aromatic carbocycles. The summed E-state index contributed by atoms with van der Waals surface area (Å²) in [5, 5.41) is 2.05. The monoisotopic (exact) mass is 597 g/mol. The van der Waals surface area contributed by atoms with Gasteiger partial charge in [-0.2, -0.15) is 0 Å². The number of ether oxygens (including phenoxy) is 1. The fourth-order valence-electron chi connectivity index (χ4n) is 8.95. The Hall–Kier alpha value is -3.32. The van der Waals surface area contributed by atoms with Gasteiger partial charge in [-0.05, 0) is 128 Å². The summed E-state index contributed by atoms with van der Waals surface area (Å²) in [6.07, 6.45) is 8.25. The summed E-state index contributed by atoms with van der Waals surface area (Å²) >= 11 is 1.50. The van der Waals surface area contributed by atoms with Crippen molar-refractivity contribution in [1.82, 2.24) is 9.80 Å². The molecule has 4 saturated carbocycles. The van der Waals surface area contributed by atoms with Gasteiger partial charge in [-0.3, -0.25) is 9.59 Å². The second-order valence-corrected chi connectivity index (χ2v) is 14.5. The summed E-state index contributed by atoms with van der Waals surface area (Å²) in [6.45, 7) is 6.43. The highest BCUT2D eigenvalue weighted by atomic mass is 32.1. The van der Waals surface area contributed by atoms with Gasteiger partial charge in [0.2, 0.25) is 0 Å². The molecule has 3 aromatic rings. The molecule has 0 spiro atoms. The van der Waals surface area contributed by atoms with E-state index in [2.05, 4.69) is 28.5 Å². The molecule has 7 heteroatoms. The Kier molecular flexibility index (Phi) is 7.70. The summed E-state index contributed by atoms with van der Waals surface area (Å²) in [6, 6.07) is 18.1. The Balaban J connectivity index is 0.930. The first kappa shape index (κ1) is 28.5. The van der Waals surface area contributed by atoms with Crippen molar-refractivity contribution in [2.75, 3.05) is 51.3 Å². The van der Waals surface area contributed by atoms with Crippen LogP contribution in [0.3, 0.4) is 0 Å². The Morgan fingerprint density at radius 2 is 1.58 bits per heavy atom. The van der Waals surface area contributed by atoms with E-state index in [0.29, 0.717) is 25.1 Å². The minimum absolute atomic E-state index is 0.0971. The van der Waals surface area contributed by atoms with Crippen molar-refractivity contribution >= 4 is 28.8 Å². The maximum absolute atomic E-state index is 13.4. The van der Waals surface area contributed by atoms with E-state index in [1.165, 1.54) is 49.9 Å². The normalized spacial score (nSPS) is 26.0. The van der Waals surface area contributed by atoms with Crippen LogP contribution < -0.4 is 9.64 Å². The third-order valence-corrected chi connectivity index (χ3v) is 11.3. The zero-order valence-corrected chi connectivity index (χ0v) is 26.3. The van der Waals surface area contributed by atoms with Crippen LogP contribution in [-0.2, 0) is 0 Å². The van der Waals surface area contributed by atoms with E-state index < -0.39 is 0 Å². The molecule has 0 N–H and O–H groups in total. The lowest BCUT2D eigenvalue weighted by Crippen LogP contribution is -2.51. The molecule has 2 heterocycles. The highest BCUT2D eigenvalue weighted by Gasteiger charge is 2.51. The number of nitrogens with zero attached hydrogens (tertiary/aromatic N) is 3. The van der Waals surface area contributed by atoms with Crippen LogP contribution in [-0.4, -0.2) is 68.0 Å². The molecular weight excluding hydrogens is 554 g/mol. The fraction of sp³-hybridized carbons (Fsp3) is 0.500. The molecule has 1 aromatic heterocycles. The second kappa shape index (κ2) is 11.6. The average Bonchev–Trinajstić information content (AvgIpc) is 3.51. The molecular formula is C36H43N3O3S. The number of hydrogen-bond acceptors (Lipinski definition) is 5. The molecule has 1 saturated heterocycles. The smallest absolute Gasteiger partial charge is 0.264 e. The van der Waals surface area contributed by atoms with Gasteiger partial charge in [-0.25, -0.2) is 0 Å². The predicted molar refractivity (Wildman–Crippen MR) is 173 cm³/mol. The third kappa shape index (κ3) is 5.81. The van der Waals surface area contributed by atoms with Gasteiger partial charge in [0, 0.05) is 51.0 Å². The third-order valence-electron chi connectivity index (χ3n) is 10.4. The van der Waals surface area contributed by atoms with Crippen LogP contribution in [0.25, 0.3) is 11.1 Å². The van der Waals surface area contributed by atoms with E-state index in [9.17, 15) is 9.59 Å². The van der Waals surface area contributed by atoms with Crippen LogP contribution in [0, 0.1) is 23.2 Å². The van der Waals surface area contributed by atoms with Crippen molar-refractivity contribution in [1.29, 1.82) is 0 Å². The largest absolute Gasteiger partial charge is 0.494 e. The zero-order chi connectivity index (χ0) is 29.6. The molecule has 0 atom stereocenters. The number of anilines is 1. The summed E-state index contributed by atoms with van der Waals surface area (Å²) in [5.41, 5.74) is 4.35. The van der Waals surface area contributed by atoms with Crippen LogP contribution >= 0.6 is 11.3 Å². The van der Waals surface area contributed by atoms with Gasteiger partial charge in [0.05, 0.1) is 11.5 Å². The van der Waals surface area contributed by atoms with Gasteiger partial charge in [0.1, 0.15) is 5.75 Å². The highest BCUT2D eigenvalue weighted by Crippen LogP contribution is 2.60. The first-order valence-corrected chi connectivity index (χ1v) is 17.0. The lowest BCUT2D eigenvalue weighted by atomic mass is 9.49. The summed E-state index contributed by atoms with van der Waals surface area (Å²) in [7, 11) is 2.00. The highest BCUT2D eigenvalue weighted by molar-refractivity contribution is 7.12. The predicted octanol–water partition coefficient (Wildman–Crippen LogP) is 7.06.